The highest BCUT2D eigenvalue weighted by Gasteiger charge is 2.32. The van der Waals surface area contributed by atoms with Crippen molar-refractivity contribution in [3.8, 4) is 0 Å². The maximum absolute atomic E-state index is 13.1. The van der Waals surface area contributed by atoms with E-state index in [1.807, 2.05) is 0 Å². The molecule has 132 valence electrons. The lowest BCUT2D eigenvalue weighted by Crippen LogP contribution is -2.34. The van der Waals surface area contributed by atoms with E-state index in [4.69, 9.17) is 5.11 Å². The molecular formula is C16H16N2O6S. The number of hydrogen-bond acceptors (Lipinski definition) is 5. The van der Waals surface area contributed by atoms with Gasteiger partial charge in [0.1, 0.15) is 0 Å². The lowest BCUT2D eigenvalue weighted by atomic mass is 10.2. The topological polar surface area (TPSA) is 118 Å². The molecule has 0 saturated carbocycles. The standard InChI is InChI=1S/C16H16N2O6S/c1-12-6-2-3-7-13(12)17(11-10-16(19)20)25(23,24)15-9-5-4-8-14(15)18(21)22/h2-9H,10-11H2,1H3,(H,19,20). The van der Waals surface area contributed by atoms with Gasteiger partial charge in [0, 0.05) is 12.6 Å². The van der Waals surface area contributed by atoms with Gasteiger partial charge in [0.25, 0.3) is 15.7 Å². The molecule has 0 radical (unpaired) electrons. The van der Waals surface area contributed by atoms with Crippen LogP contribution in [0.1, 0.15) is 12.0 Å². The van der Waals surface area contributed by atoms with Crippen LogP contribution in [0.25, 0.3) is 0 Å². The Kier molecular flexibility index (Phi) is 5.38. The van der Waals surface area contributed by atoms with Crippen molar-refractivity contribution in [3.05, 3.63) is 64.2 Å². The third kappa shape index (κ3) is 3.94. The van der Waals surface area contributed by atoms with Crippen LogP contribution in [-0.2, 0) is 14.8 Å². The largest absolute Gasteiger partial charge is 0.481 e. The van der Waals surface area contributed by atoms with Gasteiger partial charge in [-0.2, -0.15) is 0 Å². The molecular weight excluding hydrogens is 348 g/mol. The number of aryl methyl sites for hydroxylation is 1. The number of sulfonamides is 1. The van der Waals surface area contributed by atoms with Gasteiger partial charge in [-0.3, -0.25) is 19.2 Å². The first kappa shape index (κ1) is 18.4. The number of para-hydroxylation sites is 2. The van der Waals surface area contributed by atoms with E-state index in [9.17, 15) is 23.3 Å². The van der Waals surface area contributed by atoms with E-state index in [2.05, 4.69) is 0 Å². The van der Waals surface area contributed by atoms with Gasteiger partial charge in [-0.05, 0) is 24.6 Å². The first-order valence-electron chi connectivity index (χ1n) is 7.28. The molecule has 2 aromatic carbocycles. The van der Waals surface area contributed by atoms with E-state index in [0.717, 1.165) is 16.4 Å². The molecule has 0 aromatic heterocycles. The zero-order chi connectivity index (χ0) is 18.6. The highest BCUT2D eigenvalue weighted by atomic mass is 32.2. The lowest BCUT2D eigenvalue weighted by Gasteiger charge is -2.25. The molecule has 0 saturated heterocycles. The highest BCUT2D eigenvalue weighted by Crippen LogP contribution is 2.31. The van der Waals surface area contributed by atoms with Crippen LogP contribution < -0.4 is 4.31 Å². The number of nitro benzene ring substituents is 1. The van der Waals surface area contributed by atoms with Crippen LogP contribution in [0.5, 0.6) is 0 Å². The van der Waals surface area contributed by atoms with E-state index in [0.29, 0.717) is 5.56 Å². The van der Waals surface area contributed by atoms with E-state index in [1.54, 1.807) is 25.1 Å². The smallest absolute Gasteiger partial charge is 0.305 e. The SMILES string of the molecule is Cc1ccccc1N(CCC(=O)O)S(=O)(=O)c1ccccc1[N+](=O)[O-]. The third-order valence-electron chi connectivity index (χ3n) is 3.54. The van der Waals surface area contributed by atoms with Crippen LogP contribution in [0, 0.1) is 17.0 Å². The molecule has 0 aliphatic heterocycles. The summed E-state index contributed by atoms with van der Waals surface area (Å²) in [5.74, 6) is -1.17. The molecule has 0 fully saturated rings. The molecule has 1 N–H and O–H groups in total. The van der Waals surface area contributed by atoms with Gasteiger partial charge in [-0.1, -0.05) is 30.3 Å². The van der Waals surface area contributed by atoms with Gasteiger partial charge in [0.05, 0.1) is 17.0 Å². The van der Waals surface area contributed by atoms with Crippen molar-refractivity contribution in [2.45, 2.75) is 18.2 Å². The molecule has 0 bridgehead atoms. The van der Waals surface area contributed by atoms with Crippen molar-refractivity contribution >= 4 is 27.4 Å². The second-order valence-electron chi connectivity index (χ2n) is 5.23. The number of hydrogen-bond donors (Lipinski definition) is 1. The molecule has 2 rings (SSSR count). The highest BCUT2D eigenvalue weighted by molar-refractivity contribution is 7.93. The zero-order valence-electron chi connectivity index (χ0n) is 13.3. The Labute approximate surface area is 144 Å². The summed E-state index contributed by atoms with van der Waals surface area (Å²) < 4.78 is 27.0. The minimum Gasteiger partial charge on any atom is -0.481 e. The summed E-state index contributed by atoms with van der Waals surface area (Å²) in [6.45, 7) is 1.34. The minimum absolute atomic E-state index is 0.280. The molecule has 0 spiro atoms. The van der Waals surface area contributed by atoms with Crippen molar-refractivity contribution < 1.29 is 23.2 Å². The summed E-state index contributed by atoms with van der Waals surface area (Å²) in [5, 5.41) is 20.1. The van der Waals surface area contributed by atoms with Crippen LogP contribution in [0.2, 0.25) is 0 Å². The number of anilines is 1. The molecule has 2 aromatic rings. The number of carbonyl (C=O) groups is 1. The van der Waals surface area contributed by atoms with Gasteiger partial charge < -0.3 is 5.11 Å². The number of benzene rings is 2. The summed E-state index contributed by atoms with van der Waals surface area (Å²) in [5.41, 5.74) is 0.327. The predicted molar refractivity (Wildman–Crippen MR) is 91.1 cm³/mol. The Bertz CT molecular complexity index is 910. The lowest BCUT2D eigenvalue weighted by molar-refractivity contribution is -0.387. The Hall–Kier alpha value is -2.94. The van der Waals surface area contributed by atoms with Crippen LogP contribution in [0.15, 0.2) is 53.4 Å². The van der Waals surface area contributed by atoms with Crippen molar-refractivity contribution in [1.82, 2.24) is 0 Å². The summed E-state index contributed by atoms with van der Waals surface area (Å²) >= 11 is 0. The third-order valence-corrected chi connectivity index (χ3v) is 5.40. The Balaban J connectivity index is 2.62. The Morgan fingerprint density at radius 2 is 1.76 bits per heavy atom. The fourth-order valence-electron chi connectivity index (χ4n) is 2.36. The molecule has 0 heterocycles. The minimum atomic E-state index is -4.32. The first-order chi connectivity index (χ1) is 11.7. The average Bonchev–Trinajstić information content (AvgIpc) is 2.56. The fourth-order valence-corrected chi connectivity index (χ4v) is 4.05. The van der Waals surface area contributed by atoms with E-state index in [1.165, 1.54) is 18.2 Å². The van der Waals surface area contributed by atoms with E-state index in [-0.39, 0.29) is 12.2 Å². The Morgan fingerprint density at radius 3 is 2.36 bits per heavy atom. The van der Waals surface area contributed by atoms with Crippen LogP contribution in [-0.4, -0.2) is 31.0 Å². The molecule has 0 aliphatic rings. The number of nitro groups is 1. The van der Waals surface area contributed by atoms with Gasteiger partial charge in [0.2, 0.25) is 0 Å². The van der Waals surface area contributed by atoms with Gasteiger partial charge in [0.15, 0.2) is 4.90 Å². The monoisotopic (exact) mass is 364 g/mol. The van der Waals surface area contributed by atoms with E-state index < -0.39 is 37.9 Å². The number of aliphatic carboxylic acids is 1. The van der Waals surface area contributed by atoms with Crippen molar-refractivity contribution in [3.63, 3.8) is 0 Å². The van der Waals surface area contributed by atoms with Gasteiger partial charge in [-0.15, -0.1) is 0 Å². The second kappa shape index (κ2) is 7.31. The predicted octanol–water partition coefficient (Wildman–Crippen LogP) is 2.57. The maximum Gasteiger partial charge on any atom is 0.305 e. The first-order valence-corrected chi connectivity index (χ1v) is 8.72. The van der Waals surface area contributed by atoms with Gasteiger partial charge in [-0.25, -0.2) is 8.42 Å². The number of nitrogens with zero attached hydrogens (tertiary/aromatic N) is 2. The Morgan fingerprint density at radius 1 is 1.16 bits per heavy atom. The summed E-state index contributed by atoms with van der Waals surface area (Å²) in [6.07, 6.45) is -0.436. The number of carboxylic acids is 1. The van der Waals surface area contributed by atoms with Crippen LogP contribution in [0.4, 0.5) is 11.4 Å². The van der Waals surface area contributed by atoms with Crippen LogP contribution >= 0.6 is 0 Å². The molecule has 9 heteroatoms. The number of carboxylic acid groups (broad SMARTS) is 1. The molecule has 25 heavy (non-hydrogen) atoms. The molecule has 8 nitrogen and oxygen atoms in total. The van der Waals surface area contributed by atoms with Gasteiger partial charge >= 0.3 is 5.97 Å². The molecule has 0 aliphatic carbocycles. The van der Waals surface area contributed by atoms with Crippen molar-refractivity contribution in [2.75, 3.05) is 10.8 Å². The second-order valence-corrected chi connectivity index (χ2v) is 7.06. The summed E-state index contributed by atoms with van der Waals surface area (Å²) in [7, 11) is -4.32. The molecule has 0 atom stereocenters. The normalized spacial score (nSPS) is 11.1. The quantitative estimate of drug-likeness (QED) is 0.596. The van der Waals surface area contributed by atoms with E-state index >= 15 is 0 Å². The maximum atomic E-state index is 13.1. The molecule has 0 unspecified atom stereocenters. The zero-order valence-corrected chi connectivity index (χ0v) is 14.1. The van der Waals surface area contributed by atoms with Crippen molar-refractivity contribution in [2.24, 2.45) is 0 Å². The molecule has 0 amide bonds. The summed E-state index contributed by atoms with van der Waals surface area (Å²) in [4.78, 5) is 20.9. The number of rotatable bonds is 7. The average molecular weight is 364 g/mol. The van der Waals surface area contributed by atoms with Crippen LogP contribution in [0.3, 0.4) is 0 Å². The summed E-state index contributed by atoms with van der Waals surface area (Å²) in [6, 6.07) is 11.5. The fraction of sp³-hybridized carbons (Fsp3) is 0.188. The van der Waals surface area contributed by atoms with Crippen molar-refractivity contribution in [1.29, 1.82) is 0 Å².